The lowest BCUT2D eigenvalue weighted by atomic mass is 9.46. The molecule has 5 heteroatoms. The molecule has 0 fully saturated rings. The zero-order chi connectivity index (χ0) is 15.8. The minimum absolute atomic E-state index is 0.111. The Morgan fingerprint density at radius 2 is 1.48 bits per heavy atom. The van der Waals surface area contributed by atoms with E-state index in [0.29, 0.717) is 0 Å². The van der Waals surface area contributed by atoms with Crippen molar-refractivity contribution in [2.75, 3.05) is 0 Å². The zero-order valence-electron chi connectivity index (χ0n) is 14.4. The first-order valence-corrected chi connectivity index (χ1v) is 7.68. The quantitative estimate of drug-likeness (QED) is 0.713. The van der Waals surface area contributed by atoms with Crippen LogP contribution in [0.3, 0.4) is 0 Å². The minimum Gasteiger partial charge on any atom is -0.256 e. The fourth-order valence-corrected chi connectivity index (χ4v) is 2.68. The van der Waals surface area contributed by atoms with Crippen LogP contribution in [-0.4, -0.2) is 36.4 Å². The van der Waals surface area contributed by atoms with Crippen molar-refractivity contribution in [2.24, 2.45) is 0 Å². The smallest absolute Gasteiger partial charge is 0.104 e. The highest BCUT2D eigenvalue weighted by molar-refractivity contribution is 6.42. The lowest BCUT2D eigenvalue weighted by Gasteiger charge is -2.30. The second-order valence-corrected chi connectivity index (χ2v) is 7.93. The normalized spacial score (nSPS) is 12.3. The van der Waals surface area contributed by atoms with Gasteiger partial charge in [0.25, 0.3) is 0 Å². The Balaban J connectivity index is 2.66. The lowest BCUT2D eigenvalue weighted by molar-refractivity contribution is 0.869. The average molecular weight is 273 g/mol. The van der Waals surface area contributed by atoms with E-state index >= 15 is 0 Å². The van der Waals surface area contributed by atoms with Crippen LogP contribution in [0, 0.1) is 6.92 Å². The highest BCUT2D eigenvalue weighted by Crippen LogP contribution is 2.31. The maximum absolute atomic E-state index is 4.75. The molecule has 0 saturated carbocycles. The first kappa shape index (κ1) is 16.0. The topological polar surface area (TPSA) is 12.9 Å². The van der Waals surface area contributed by atoms with Crippen LogP contribution in [0.1, 0.15) is 30.5 Å². The molecule has 21 heavy (non-hydrogen) atoms. The van der Waals surface area contributed by atoms with E-state index < -0.39 is 0 Å². The van der Waals surface area contributed by atoms with E-state index in [2.05, 4.69) is 88.7 Å². The van der Waals surface area contributed by atoms with Crippen molar-refractivity contribution in [3.05, 3.63) is 53.2 Å². The number of aryl methyl sites for hydroxylation is 1. The van der Waals surface area contributed by atoms with Gasteiger partial charge in [-0.2, -0.15) is 0 Å². The van der Waals surface area contributed by atoms with Crippen LogP contribution in [0.4, 0.5) is 0 Å². The first-order valence-electron chi connectivity index (χ1n) is 7.68. The molecule has 0 radical (unpaired) electrons. The second kappa shape index (κ2) is 5.44. The molecule has 1 aromatic carbocycles. The van der Waals surface area contributed by atoms with Crippen LogP contribution in [0.5, 0.6) is 0 Å². The lowest BCUT2D eigenvalue weighted by Crippen LogP contribution is -2.31. The van der Waals surface area contributed by atoms with Crippen molar-refractivity contribution in [1.29, 1.82) is 0 Å². The van der Waals surface area contributed by atoms with Crippen LogP contribution in [0.25, 0.3) is 11.3 Å². The average Bonchev–Trinajstić information content (AvgIpc) is 2.36. The molecular formula is C16H23B4N. The number of nitrogens with zero attached hydrogens (tertiary/aromatic N) is 1. The molecule has 0 aliphatic rings. The van der Waals surface area contributed by atoms with E-state index in [0.717, 1.165) is 5.69 Å². The van der Waals surface area contributed by atoms with Gasteiger partial charge in [0.15, 0.2) is 0 Å². The predicted octanol–water partition coefficient (Wildman–Crippen LogP) is -0.0652. The second-order valence-electron chi connectivity index (χ2n) is 7.93. The van der Waals surface area contributed by atoms with Gasteiger partial charge in [-0.3, -0.25) is 4.98 Å². The molecule has 0 unspecified atom stereocenters. The van der Waals surface area contributed by atoms with Crippen LogP contribution in [-0.2, 0) is 10.4 Å². The summed E-state index contributed by atoms with van der Waals surface area (Å²) in [6.07, 6.45) is 2.07. The monoisotopic (exact) mass is 273 g/mol. The SMILES string of the molecule is BC(B)(C)c1cnc(-c2ccccc2C)cc1C(B)(B)C. The van der Waals surface area contributed by atoms with Gasteiger partial charge in [0, 0.05) is 11.8 Å². The Hall–Kier alpha value is -1.37. The molecule has 0 aliphatic carbocycles. The Kier molecular flexibility index (Phi) is 4.15. The van der Waals surface area contributed by atoms with Gasteiger partial charge in [0.1, 0.15) is 31.4 Å². The van der Waals surface area contributed by atoms with Gasteiger partial charge >= 0.3 is 0 Å². The molecule has 1 nitrogen and oxygen atoms in total. The van der Waals surface area contributed by atoms with Crippen molar-refractivity contribution in [2.45, 2.75) is 31.2 Å². The molecule has 2 aromatic rings. The predicted molar refractivity (Wildman–Crippen MR) is 103 cm³/mol. The van der Waals surface area contributed by atoms with E-state index in [4.69, 9.17) is 4.98 Å². The summed E-state index contributed by atoms with van der Waals surface area (Å²) in [6.45, 7) is 6.68. The van der Waals surface area contributed by atoms with Crippen LogP contribution >= 0.6 is 0 Å². The molecule has 0 aliphatic heterocycles. The van der Waals surface area contributed by atoms with Gasteiger partial charge in [-0.05, 0) is 24.1 Å². The van der Waals surface area contributed by atoms with Gasteiger partial charge < -0.3 is 0 Å². The summed E-state index contributed by atoms with van der Waals surface area (Å²) in [6, 6.07) is 10.7. The molecule has 0 N–H and O–H groups in total. The summed E-state index contributed by atoms with van der Waals surface area (Å²) in [7, 11) is 9.07. The van der Waals surface area contributed by atoms with Crippen molar-refractivity contribution >= 4 is 31.4 Å². The Labute approximate surface area is 132 Å². The molecule has 1 aromatic heterocycles. The summed E-state index contributed by atoms with van der Waals surface area (Å²) < 4.78 is 0. The van der Waals surface area contributed by atoms with Gasteiger partial charge in [-0.1, -0.05) is 54.1 Å². The van der Waals surface area contributed by atoms with Crippen LogP contribution in [0.2, 0.25) is 0 Å². The molecule has 0 spiro atoms. The third-order valence-corrected chi connectivity index (χ3v) is 3.94. The van der Waals surface area contributed by atoms with Crippen molar-refractivity contribution in [3.8, 4) is 11.3 Å². The fraction of sp³-hybridized carbons (Fsp3) is 0.312. The Bertz CT molecular complexity index is 654. The summed E-state index contributed by atoms with van der Waals surface area (Å²) in [5.41, 5.74) is 6.30. The molecular weight excluding hydrogens is 249 g/mol. The summed E-state index contributed by atoms with van der Waals surface area (Å²) in [5.74, 6) is 0. The van der Waals surface area contributed by atoms with Crippen LogP contribution < -0.4 is 0 Å². The largest absolute Gasteiger partial charge is 0.256 e. The maximum atomic E-state index is 4.75. The van der Waals surface area contributed by atoms with E-state index in [9.17, 15) is 0 Å². The summed E-state index contributed by atoms with van der Waals surface area (Å²) >= 11 is 0. The molecule has 0 amide bonds. The molecule has 0 bridgehead atoms. The van der Waals surface area contributed by atoms with Gasteiger partial charge in [0.2, 0.25) is 0 Å². The van der Waals surface area contributed by atoms with Crippen molar-refractivity contribution in [1.82, 2.24) is 4.98 Å². The molecule has 104 valence electrons. The standard InChI is InChI=1S/C16H23B4N/c1-10-6-4-5-7-11(10)14-8-12(15(2,17)18)13(9-21-14)16(3,19)20/h4-9H,17-20H2,1-3H3. The van der Waals surface area contributed by atoms with E-state index in [1.807, 2.05) is 0 Å². The van der Waals surface area contributed by atoms with Gasteiger partial charge in [0.05, 0.1) is 5.69 Å². The van der Waals surface area contributed by atoms with Crippen LogP contribution in [0.15, 0.2) is 36.5 Å². The Morgan fingerprint density at radius 3 is 2.00 bits per heavy atom. The van der Waals surface area contributed by atoms with Crippen molar-refractivity contribution < 1.29 is 0 Å². The number of hydrogen-bond donors (Lipinski definition) is 0. The highest BCUT2D eigenvalue weighted by Gasteiger charge is 2.26. The summed E-state index contributed by atoms with van der Waals surface area (Å²) in [5, 5.41) is 0.225. The third kappa shape index (κ3) is 3.45. The molecule has 0 atom stereocenters. The van der Waals surface area contributed by atoms with E-state index in [-0.39, 0.29) is 10.4 Å². The fourth-order valence-electron chi connectivity index (χ4n) is 2.68. The number of benzene rings is 1. The summed E-state index contributed by atoms with van der Waals surface area (Å²) in [4.78, 5) is 4.75. The number of pyridine rings is 1. The van der Waals surface area contributed by atoms with E-state index in [1.165, 1.54) is 22.3 Å². The molecule has 2 rings (SSSR count). The minimum atomic E-state index is 0.111. The Morgan fingerprint density at radius 1 is 0.905 bits per heavy atom. The third-order valence-electron chi connectivity index (χ3n) is 3.94. The molecule has 0 saturated heterocycles. The maximum Gasteiger partial charge on any atom is 0.104 e. The number of aromatic nitrogens is 1. The number of rotatable bonds is 3. The highest BCUT2D eigenvalue weighted by atomic mass is 14.7. The van der Waals surface area contributed by atoms with Gasteiger partial charge in [-0.25, -0.2) is 0 Å². The van der Waals surface area contributed by atoms with Crippen molar-refractivity contribution in [3.63, 3.8) is 0 Å². The van der Waals surface area contributed by atoms with E-state index in [1.54, 1.807) is 0 Å². The number of hydrogen-bond acceptors (Lipinski definition) is 1. The first-order chi connectivity index (χ1) is 9.60. The molecule has 1 heterocycles. The zero-order valence-corrected chi connectivity index (χ0v) is 14.4. The van der Waals surface area contributed by atoms with Gasteiger partial charge in [-0.15, -0.1) is 0 Å².